The standard InChI is InChI=1S/C19H30N2O4S/c1-14-12-19(26(3,22)23)20-13-18(14)25-16-6-4-15(5-7-16)24-17-8-10-21(2)11-9-17/h12-13,15-17H,4-11H2,1-3H3/t15-,16-. The first-order chi connectivity index (χ1) is 12.3. The van der Waals surface area contributed by atoms with E-state index < -0.39 is 9.84 Å². The van der Waals surface area contributed by atoms with E-state index in [1.807, 2.05) is 6.92 Å². The Labute approximate surface area is 156 Å². The fourth-order valence-electron chi connectivity index (χ4n) is 3.70. The highest BCUT2D eigenvalue weighted by molar-refractivity contribution is 7.90. The summed E-state index contributed by atoms with van der Waals surface area (Å²) < 4.78 is 35.5. The summed E-state index contributed by atoms with van der Waals surface area (Å²) in [6, 6.07) is 1.58. The Kier molecular flexibility index (Phi) is 6.20. The Bertz CT molecular complexity index is 706. The SMILES string of the molecule is Cc1cc(S(C)(=O)=O)ncc1O[C@H]1CC[C@H](OC2CCN(C)CC2)CC1. The van der Waals surface area contributed by atoms with Crippen LogP contribution in [0.5, 0.6) is 5.75 Å². The molecule has 1 aromatic rings. The molecule has 3 rings (SSSR count). The Morgan fingerprint density at radius 3 is 2.19 bits per heavy atom. The number of likely N-dealkylation sites (tertiary alicyclic amines) is 1. The minimum Gasteiger partial charge on any atom is -0.489 e. The second kappa shape index (κ2) is 8.23. The molecule has 1 aliphatic carbocycles. The molecule has 0 bridgehead atoms. The largest absolute Gasteiger partial charge is 0.489 e. The van der Waals surface area contributed by atoms with E-state index in [1.54, 1.807) is 6.07 Å². The van der Waals surface area contributed by atoms with Gasteiger partial charge in [0.05, 0.1) is 24.5 Å². The second-order valence-corrected chi connectivity index (χ2v) is 9.68. The van der Waals surface area contributed by atoms with Gasteiger partial charge in [-0.2, -0.15) is 0 Å². The summed E-state index contributed by atoms with van der Waals surface area (Å²) in [6.07, 6.45) is 9.82. The molecule has 0 atom stereocenters. The number of pyridine rings is 1. The molecule has 1 aliphatic heterocycles. The smallest absolute Gasteiger partial charge is 0.192 e. The highest BCUT2D eigenvalue weighted by Gasteiger charge is 2.27. The summed E-state index contributed by atoms with van der Waals surface area (Å²) in [4.78, 5) is 6.39. The van der Waals surface area contributed by atoms with E-state index in [2.05, 4.69) is 16.9 Å². The highest BCUT2D eigenvalue weighted by atomic mass is 32.2. The summed E-state index contributed by atoms with van der Waals surface area (Å²) in [5, 5.41) is 0.0950. The molecule has 0 N–H and O–H groups in total. The van der Waals surface area contributed by atoms with Crippen molar-refractivity contribution in [2.45, 2.75) is 68.8 Å². The average molecular weight is 383 g/mol. The molecule has 1 aromatic heterocycles. The lowest BCUT2D eigenvalue weighted by Crippen LogP contribution is -2.37. The molecular weight excluding hydrogens is 352 g/mol. The monoisotopic (exact) mass is 382 g/mol. The van der Waals surface area contributed by atoms with Gasteiger partial charge in [0, 0.05) is 19.3 Å². The van der Waals surface area contributed by atoms with Crippen LogP contribution < -0.4 is 4.74 Å². The molecular formula is C19H30N2O4S. The number of aromatic nitrogens is 1. The molecule has 0 amide bonds. The Morgan fingerprint density at radius 2 is 1.62 bits per heavy atom. The zero-order valence-corrected chi connectivity index (χ0v) is 16.8. The van der Waals surface area contributed by atoms with Gasteiger partial charge < -0.3 is 14.4 Å². The third-order valence-electron chi connectivity index (χ3n) is 5.38. The van der Waals surface area contributed by atoms with Crippen LogP contribution in [0.2, 0.25) is 0 Å². The number of hydrogen-bond acceptors (Lipinski definition) is 6. The molecule has 2 aliphatic rings. The first kappa shape index (κ1) is 19.6. The van der Waals surface area contributed by atoms with E-state index in [0.29, 0.717) is 18.0 Å². The first-order valence-electron chi connectivity index (χ1n) is 9.48. The van der Waals surface area contributed by atoms with Crippen molar-refractivity contribution in [3.8, 4) is 5.75 Å². The van der Waals surface area contributed by atoms with Crippen molar-refractivity contribution in [3.05, 3.63) is 17.8 Å². The summed E-state index contributed by atoms with van der Waals surface area (Å²) in [6.45, 7) is 4.11. The van der Waals surface area contributed by atoms with E-state index in [4.69, 9.17) is 9.47 Å². The van der Waals surface area contributed by atoms with Gasteiger partial charge in [-0.3, -0.25) is 0 Å². The fourth-order valence-corrected chi connectivity index (χ4v) is 4.34. The Morgan fingerprint density at radius 1 is 1.04 bits per heavy atom. The highest BCUT2D eigenvalue weighted by Crippen LogP contribution is 2.29. The molecule has 6 nitrogen and oxygen atoms in total. The normalized spacial score (nSPS) is 26.0. The van der Waals surface area contributed by atoms with E-state index in [-0.39, 0.29) is 11.1 Å². The average Bonchev–Trinajstić information content (AvgIpc) is 2.59. The maximum absolute atomic E-state index is 11.6. The van der Waals surface area contributed by atoms with Crippen molar-refractivity contribution in [3.63, 3.8) is 0 Å². The van der Waals surface area contributed by atoms with Gasteiger partial charge >= 0.3 is 0 Å². The second-order valence-electron chi connectivity index (χ2n) is 7.72. The van der Waals surface area contributed by atoms with Gasteiger partial charge in [0.25, 0.3) is 0 Å². The summed E-state index contributed by atoms with van der Waals surface area (Å²) in [7, 11) is -1.12. The lowest BCUT2D eigenvalue weighted by molar-refractivity contribution is -0.0643. The third-order valence-corrected chi connectivity index (χ3v) is 6.37. The molecule has 0 radical (unpaired) electrons. The van der Waals surface area contributed by atoms with Crippen LogP contribution in [0.1, 0.15) is 44.1 Å². The van der Waals surface area contributed by atoms with Gasteiger partial charge in [-0.1, -0.05) is 0 Å². The van der Waals surface area contributed by atoms with Crippen molar-refractivity contribution in [2.75, 3.05) is 26.4 Å². The van der Waals surface area contributed by atoms with Gasteiger partial charge in [-0.15, -0.1) is 0 Å². The topological polar surface area (TPSA) is 68.7 Å². The lowest BCUT2D eigenvalue weighted by Gasteiger charge is -2.35. The van der Waals surface area contributed by atoms with Crippen LogP contribution >= 0.6 is 0 Å². The zero-order chi connectivity index (χ0) is 18.7. The molecule has 0 unspecified atom stereocenters. The van der Waals surface area contributed by atoms with Crippen LogP contribution in [0.4, 0.5) is 0 Å². The van der Waals surface area contributed by atoms with Crippen molar-refractivity contribution in [1.29, 1.82) is 0 Å². The molecule has 26 heavy (non-hydrogen) atoms. The van der Waals surface area contributed by atoms with Crippen LogP contribution in [-0.2, 0) is 14.6 Å². The summed E-state index contributed by atoms with van der Waals surface area (Å²) in [5.74, 6) is 0.678. The maximum atomic E-state index is 11.6. The maximum Gasteiger partial charge on any atom is 0.192 e. The third kappa shape index (κ3) is 5.18. The summed E-state index contributed by atoms with van der Waals surface area (Å²) >= 11 is 0. The number of nitrogens with zero attached hydrogens (tertiary/aromatic N) is 2. The van der Waals surface area contributed by atoms with Crippen LogP contribution in [-0.4, -0.2) is 63.0 Å². The minimum atomic E-state index is -3.29. The predicted molar refractivity (Wildman–Crippen MR) is 100 cm³/mol. The van der Waals surface area contributed by atoms with Crippen molar-refractivity contribution in [1.82, 2.24) is 9.88 Å². The van der Waals surface area contributed by atoms with Crippen LogP contribution in [0, 0.1) is 6.92 Å². The number of ether oxygens (including phenoxy) is 2. The van der Waals surface area contributed by atoms with E-state index in [1.165, 1.54) is 12.5 Å². The first-order valence-corrected chi connectivity index (χ1v) is 11.4. The molecule has 1 saturated heterocycles. The van der Waals surface area contributed by atoms with Crippen molar-refractivity contribution < 1.29 is 17.9 Å². The van der Waals surface area contributed by atoms with Gasteiger partial charge in [0.15, 0.2) is 14.9 Å². The Hall–Kier alpha value is -1.18. The number of piperidine rings is 1. The number of hydrogen-bond donors (Lipinski definition) is 0. The lowest BCUT2D eigenvalue weighted by atomic mass is 9.94. The number of sulfone groups is 1. The van der Waals surface area contributed by atoms with Gasteiger partial charge in [0.1, 0.15) is 5.75 Å². The number of aryl methyl sites for hydroxylation is 1. The molecule has 2 heterocycles. The van der Waals surface area contributed by atoms with E-state index in [0.717, 1.165) is 57.2 Å². The molecule has 7 heteroatoms. The fraction of sp³-hybridized carbons (Fsp3) is 0.737. The van der Waals surface area contributed by atoms with E-state index >= 15 is 0 Å². The molecule has 0 spiro atoms. The van der Waals surface area contributed by atoms with Crippen LogP contribution in [0.25, 0.3) is 0 Å². The van der Waals surface area contributed by atoms with Crippen LogP contribution in [0.15, 0.2) is 17.3 Å². The predicted octanol–water partition coefficient (Wildman–Crippen LogP) is 2.59. The molecule has 2 fully saturated rings. The molecule has 0 aromatic carbocycles. The van der Waals surface area contributed by atoms with E-state index in [9.17, 15) is 8.42 Å². The van der Waals surface area contributed by atoms with Crippen molar-refractivity contribution in [2.24, 2.45) is 0 Å². The van der Waals surface area contributed by atoms with Gasteiger partial charge in [-0.25, -0.2) is 13.4 Å². The van der Waals surface area contributed by atoms with Gasteiger partial charge in [-0.05, 0) is 64.1 Å². The summed E-state index contributed by atoms with van der Waals surface area (Å²) in [5.41, 5.74) is 0.810. The van der Waals surface area contributed by atoms with Gasteiger partial charge in [0.2, 0.25) is 0 Å². The Balaban J connectivity index is 1.48. The van der Waals surface area contributed by atoms with Crippen LogP contribution in [0.3, 0.4) is 0 Å². The quantitative estimate of drug-likeness (QED) is 0.780. The van der Waals surface area contributed by atoms with Crippen molar-refractivity contribution >= 4 is 9.84 Å². The molecule has 1 saturated carbocycles. The number of rotatable bonds is 5. The molecule has 146 valence electrons. The zero-order valence-electron chi connectivity index (χ0n) is 16.0. The minimum absolute atomic E-state index is 0.0950.